The van der Waals surface area contributed by atoms with Crippen LogP contribution in [0.2, 0.25) is 0 Å². The molecule has 2 unspecified atom stereocenters. The summed E-state index contributed by atoms with van der Waals surface area (Å²) in [6, 6.07) is 2.71. The van der Waals surface area contributed by atoms with Crippen LogP contribution >= 0.6 is 15.1 Å². The van der Waals surface area contributed by atoms with Gasteiger partial charge in [0.15, 0.2) is 0 Å². The fourth-order valence-electron chi connectivity index (χ4n) is 1.22. The number of hydrogen-bond donors (Lipinski definition) is 4. The van der Waals surface area contributed by atoms with Crippen LogP contribution in [-0.4, -0.2) is 29.9 Å². The van der Waals surface area contributed by atoms with Gasteiger partial charge in [-0.05, 0) is 11.6 Å². The summed E-state index contributed by atoms with van der Waals surface area (Å²) in [5, 5.41) is 6.28. The average Bonchev–Trinajstić information content (AvgIpc) is 2.28. The van der Waals surface area contributed by atoms with Gasteiger partial charge >= 0.3 is 15.1 Å². The minimum absolute atomic E-state index is 0.0706. The van der Waals surface area contributed by atoms with Crippen molar-refractivity contribution in [3.05, 3.63) is 35.0 Å². The Morgan fingerprint density at radius 3 is 2.33 bits per heavy atom. The third-order valence-corrected chi connectivity index (χ3v) is 6.17. The van der Waals surface area contributed by atoms with Crippen LogP contribution in [0.25, 0.3) is 0 Å². The highest BCUT2D eigenvalue weighted by Crippen LogP contribution is 2.71. The van der Waals surface area contributed by atoms with E-state index in [4.69, 9.17) is 14.7 Å². The molecular weight excluding hydrogens is 286 g/mol. The van der Waals surface area contributed by atoms with E-state index >= 15 is 0 Å². The Morgan fingerprint density at radius 1 is 1.33 bits per heavy atom. The van der Waals surface area contributed by atoms with Crippen LogP contribution in [0.4, 0.5) is 0 Å². The Morgan fingerprint density at radius 2 is 1.94 bits per heavy atom. The molecule has 0 radical (unpaired) electrons. The van der Waals surface area contributed by atoms with Gasteiger partial charge in [-0.1, -0.05) is 6.07 Å². The fourth-order valence-corrected chi connectivity index (χ4v) is 3.59. The average molecular weight is 296 g/mol. The van der Waals surface area contributed by atoms with Crippen molar-refractivity contribution < 1.29 is 28.9 Å². The van der Waals surface area contributed by atoms with E-state index in [0.29, 0.717) is 0 Å². The molecule has 11 heteroatoms. The zero-order chi connectivity index (χ0) is 14.0. The van der Waals surface area contributed by atoms with Crippen molar-refractivity contribution in [2.24, 2.45) is 4.95 Å². The molecule has 0 aromatic carbocycles. The molecule has 4 N–H and O–H groups in total. The first-order valence-electron chi connectivity index (χ1n) is 4.49. The Hall–Kier alpha value is -0.950. The second-order valence-corrected chi connectivity index (χ2v) is 7.65. The normalized spacial score (nSPS) is 18.7. The van der Waals surface area contributed by atoms with Crippen molar-refractivity contribution >= 4 is 15.1 Å². The molecule has 2 atom stereocenters. The van der Waals surface area contributed by atoms with Crippen molar-refractivity contribution in [2.45, 2.75) is 11.5 Å². The molecule has 9 nitrogen and oxygen atoms in total. The molecule has 0 fully saturated rings. The second kappa shape index (κ2) is 4.97. The summed E-state index contributed by atoms with van der Waals surface area (Å²) in [5.41, 5.74) is 0.0706. The van der Waals surface area contributed by atoms with Gasteiger partial charge in [0.1, 0.15) is 0 Å². The number of nitroso groups, excluding NO2 is 1. The first-order valence-corrected chi connectivity index (χ1v) is 7.71. The zero-order valence-electron chi connectivity index (χ0n) is 8.82. The predicted molar refractivity (Wildman–Crippen MR) is 60.6 cm³/mol. The SMILES string of the molecule is O=NP(=O)(O)C(O)(Cc1cccnc1)P(=O)(O)O. The van der Waals surface area contributed by atoms with Gasteiger partial charge in [0.2, 0.25) is 0 Å². The van der Waals surface area contributed by atoms with Crippen LogP contribution in [0, 0.1) is 4.91 Å². The van der Waals surface area contributed by atoms with E-state index in [0.717, 1.165) is 6.20 Å². The molecule has 0 saturated heterocycles. The Bertz CT molecular complexity index is 530. The third kappa shape index (κ3) is 2.72. The number of rotatable bonds is 5. The molecule has 0 amide bonds. The maximum absolute atomic E-state index is 11.4. The monoisotopic (exact) mass is 296 g/mol. The molecule has 1 heterocycles. The quantitative estimate of drug-likeness (QED) is 0.449. The van der Waals surface area contributed by atoms with Gasteiger partial charge < -0.3 is 19.8 Å². The predicted octanol–water partition coefficient (Wildman–Crippen LogP) is 0.400. The number of aromatic nitrogens is 1. The molecule has 0 bridgehead atoms. The number of aliphatic hydroxyl groups is 1. The van der Waals surface area contributed by atoms with Crippen LogP contribution in [0.5, 0.6) is 0 Å². The standard InChI is InChI=1S/C7H10N2O7P2/c10-7(18(14,15)16,17(12,13)9-11)4-6-2-1-3-8-5-6/h1-3,5,10H,4H2,(H,12,13)(H2,14,15,16). The summed E-state index contributed by atoms with van der Waals surface area (Å²) in [6.45, 7) is 0. The zero-order valence-corrected chi connectivity index (χ0v) is 10.6. The van der Waals surface area contributed by atoms with Gasteiger partial charge in [-0.2, -0.15) is 0 Å². The number of nitrogens with zero attached hydrogens (tertiary/aromatic N) is 2. The van der Waals surface area contributed by atoms with Crippen LogP contribution < -0.4 is 0 Å². The number of pyridine rings is 1. The molecule has 0 saturated carbocycles. The van der Waals surface area contributed by atoms with Gasteiger partial charge in [-0.15, -0.1) is 4.91 Å². The first kappa shape index (κ1) is 15.1. The van der Waals surface area contributed by atoms with Crippen LogP contribution in [-0.2, 0) is 15.6 Å². The van der Waals surface area contributed by atoms with E-state index in [9.17, 15) is 19.1 Å². The first-order chi connectivity index (χ1) is 8.14. The van der Waals surface area contributed by atoms with Gasteiger partial charge in [0, 0.05) is 23.8 Å². The van der Waals surface area contributed by atoms with Crippen LogP contribution in [0.15, 0.2) is 29.5 Å². The third-order valence-electron chi connectivity index (χ3n) is 2.21. The van der Waals surface area contributed by atoms with E-state index in [-0.39, 0.29) is 5.56 Å². The van der Waals surface area contributed by atoms with Crippen molar-refractivity contribution in [1.82, 2.24) is 4.98 Å². The van der Waals surface area contributed by atoms with Gasteiger partial charge in [0.05, 0.1) is 0 Å². The minimum atomic E-state index is -5.47. The lowest BCUT2D eigenvalue weighted by atomic mass is 10.2. The number of hydrogen-bond acceptors (Lipinski definition) is 5. The molecule has 18 heavy (non-hydrogen) atoms. The lowest BCUT2D eigenvalue weighted by molar-refractivity contribution is 0.148. The van der Waals surface area contributed by atoms with Crippen molar-refractivity contribution in [3.8, 4) is 0 Å². The summed E-state index contributed by atoms with van der Waals surface area (Å²) < 4.78 is 22.5. The summed E-state index contributed by atoms with van der Waals surface area (Å²) in [4.78, 5) is 42.7. The molecule has 0 aliphatic rings. The fraction of sp³-hybridized carbons (Fsp3) is 0.286. The molecule has 0 aliphatic carbocycles. The topological polar surface area (TPSA) is 157 Å². The van der Waals surface area contributed by atoms with Crippen molar-refractivity contribution in [3.63, 3.8) is 0 Å². The smallest absolute Gasteiger partial charge is 0.368 e. The van der Waals surface area contributed by atoms with Crippen LogP contribution in [0.3, 0.4) is 0 Å². The Balaban J connectivity index is 3.29. The van der Waals surface area contributed by atoms with Gasteiger partial charge in [-0.25, -0.2) is 0 Å². The minimum Gasteiger partial charge on any atom is -0.368 e. The van der Waals surface area contributed by atoms with Gasteiger partial charge in [-0.3, -0.25) is 14.1 Å². The van der Waals surface area contributed by atoms with Crippen molar-refractivity contribution in [1.29, 1.82) is 0 Å². The summed E-state index contributed by atoms with van der Waals surface area (Å²) in [5.74, 6) is 0. The molecule has 1 aromatic heterocycles. The highest BCUT2D eigenvalue weighted by Gasteiger charge is 2.61. The largest absolute Gasteiger partial charge is 0.393 e. The Kier molecular flexibility index (Phi) is 4.17. The molecular formula is C7H10N2O7P2. The summed E-state index contributed by atoms with van der Waals surface area (Å²) in [6.07, 6.45) is 1.56. The maximum atomic E-state index is 11.4. The lowest BCUT2D eigenvalue weighted by Gasteiger charge is -2.28. The molecule has 1 aromatic rings. The van der Waals surface area contributed by atoms with Gasteiger partial charge in [0.25, 0.3) is 5.08 Å². The van der Waals surface area contributed by atoms with E-state index in [1.807, 2.05) is 0 Å². The highest BCUT2D eigenvalue weighted by molar-refractivity contribution is 7.74. The molecule has 0 spiro atoms. The maximum Gasteiger partial charge on any atom is 0.393 e. The molecule has 0 aliphatic heterocycles. The molecule has 1 rings (SSSR count). The van der Waals surface area contributed by atoms with Crippen molar-refractivity contribution in [2.75, 3.05) is 0 Å². The summed E-state index contributed by atoms with van der Waals surface area (Å²) in [7, 11) is -10.8. The summed E-state index contributed by atoms with van der Waals surface area (Å²) >= 11 is 0. The van der Waals surface area contributed by atoms with E-state index in [1.165, 1.54) is 18.3 Å². The van der Waals surface area contributed by atoms with E-state index in [1.54, 1.807) is 4.95 Å². The second-order valence-electron chi connectivity index (χ2n) is 3.48. The van der Waals surface area contributed by atoms with E-state index in [2.05, 4.69) is 4.98 Å². The molecule has 100 valence electrons. The Labute approximate surface area is 101 Å². The van der Waals surface area contributed by atoms with Crippen LogP contribution in [0.1, 0.15) is 5.56 Å². The lowest BCUT2D eigenvalue weighted by Crippen LogP contribution is -2.30. The highest BCUT2D eigenvalue weighted by atomic mass is 31.2. The van der Waals surface area contributed by atoms with E-state index < -0.39 is 26.6 Å².